The predicted molar refractivity (Wildman–Crippen MR) is 82.0 cm³/mol. The summed E-state index contributed by atoms with van der Waals surface area (Å²) >= 11 is 0. The molecule has 0 N–H and O–H groups in total. The molecule has 0 aromatic carbocycles. The highest BCUT2D eigenvalue weighted by molar-refractivity contribution is 7.62. The lowest BCUT2D eigenvalue weighted by atomic mass is 9.91. The number of hydrogen-bond acceptors (Lipinski definition) is 3. The number of allylic oxidation sites excluding steroid dienone is 1. The zero-order valence-corrected chi connectivity index (χ0v) is 13.8. The van der Waals surface area contributed by atoms with Crippen LogP contribution in [-0.2, 0) is 14.1 Å². The van der Waals surface area contributed by atoms with Gasteiger partial charge in [0.1, 0.15) is 0 Å². The van der Waals surface area contributed by atoms with E-state index in [1.807, 2.05) is 26.0 Å². The Morgan fingerprint density at radius 2 is 1.86 bits per heavy atom. The van der Waals surface area contributed by atoms with E-state index in [0.29, 0.717) is 25.1 Å². The van der Waals surface area contributed by atoms with E-state index in [-0.39, 0.29) is 11.9 Å². The highest BCUT2D eigenvalue weighted by Crippen LogP contribution is 2.62. The SMILES string of the molecule is CN1[C@@H]2CCCC[C@H]2N(C)P1(=O)/C=C/C[C@@H]1COC(=O)C1. The van der Waals surface area contributed by atoms with Crippen molar-refractivity contribution >= 4 is 13.4 Å². The maximum atomic E-state index is 13.3. The number of ether oxygens (including phenoxy) is 1. The minimum Gasteiger partial charge on any atom is -0.465 e. The molecule has 2 saturated heterocycles. The first kappa shape index (κ1) is 15.3. The number of nitrogens with zero attached hydrogens (tertiary/aromatic N) is 2. The van der Waals surface area contributed by atoms with Crippen LogP contribution in [0.2, 0.25) is 0 Å². The first-order valence-electron chi connectivity index (χ1n) is 7.92. The highest BCUT2D eigenvalue weighted by atomic mass is 31.2. The molecule has 2 heterocycles. The second-order valence-electron chi connectivity index (χ2n) is 6.53. The van der Waals surface area contributed by atoms with Crippen molar-refractivity contribution in [2.45, 2.75) is 50.6 Å². The van der Waals surface area contributed by atoms with Gasteiger partial charge in [0.25, 0.3) is 0 Å². The predicted octanol–water partition coefficient (Wildman–Crippen LogP) is 2.83. The molecular formula is C15H25N2O3P. The summed E-state index contributed by atoms with van der Waals surface area (Å²) in [6.45, 7) is 0.504. The maximum absolute atomic E-state index is 13.3. The van der Waals surface area contributed by atoms with E-state index in [2.05, 4.69) is 9.34 Å². The van der Waals surface area contributed by atoms with Crippen molar-refractivity contribution < 1.29 is 14.1 Å². The Balaban J connectivity index is 1.68. The Hall–Kier alpha value is -0.640. The highest BCUT2D eigenvalue weighted by Gasteiger charge is 2.50. The van der Waals surface area contributed by atoms with Crippen LogP contribution in [0.4, 0.5) is 0 Å². The molecule has 0 amide bonds. The van der Waals surface area contributed by atoms with Gasteiger partial charge >= 0.3 is 5.97 Å². The molecule has 0 radical (unpaired) electrons. The Morgan fingerprint density at radius 3 is 2.38 bits per heavy atom. The molecular weight excluding hydrogens is 287 g/mol. The number of carbonyl (C=O) groups excluding carboxylic acids is 1. The molecule has 6 heteroatoms. The van der Waals surface area contributed by atoms with Crippen LogP contribution in [-0.4, -0.2) is 48.1 Å². The molecule has 118 valence electrons. The number of fused-ring (bicyclic) bond motifs is 1. The second kappa shape index (κ2) is 5.86. The van der Waals surface area contributed by atoms with Crippen molar-refractivity contribution in [1.82, 2.24) is 9.34 Å². The summed E-state index contributed by atoms with van der Waals surface area (Å²) in [5.74, 6) is 2.04. The molecule has 0 bridgehead atoms. The summed E-state index contributed by atoms with van der Waals surface area (Å²) < 4.78 is 22.5. The van der Waals surface area contributed by atoms with Gasteiger partial charge in [-0.15, -0.1) is 0 Å². The molecule has 3 fully saturated rings. The molecule has 3 rings (SSSR count). The van der Waals surface area contributed by atoms with Crippen molar-refractivity contribution in [1.29, 1.82) is 0 Å². The van der Waals surface area contributed by atoms with E-state index in [1.165, 1.54) is 12.8 Å². The quantitative estimate of drug-likeness (QED) is 0.592. The molecule has 3 aliphatic rings. The fraction of sp³-hybridized carbons (Fsp3) is 0.800. The maximum Gasteiger partial charge on any atom is 0.306 e. The van der Waals surface area contributed by atoms with Gasteiger partial charge in [-0.3, -0.25) is 9.36 Å². The Kier molecular flexibility index (Phi) is 4.26. The van der Waals surface area contributed by atoms with E-state index in [9.17, 15) is 9.36 Å². The number of carbonyl (C=O) groups is 1. The number of cyclic esters (lactones) is 1. The minimum atomic E-state index is -2.57. The Labute approximate surface area is 126 Å². The molecule has 0 aromatic heterocycles. The summed E-state index contributed by atoms with van der Waals surface area (Å²) in [7, 11) is 1.43. The van der Waals surface area contributed by atoms with E-state index in [0.717, 1.165) is 19.3 Å². The van der Waals surface area contributed by atoms with Gasteiger partial charge in [-0.05, 0) is 33.4 Å². The summed E-state index contributed by atoms with van der Waals surface area (Å²) in [6, 6.07) is 0.853. The summed E-state index contributed by atoms with van der Waals surface area (Å²) in [6.07, 6.45) is 8.04. The molecule has 5 nitrogen and oxygen atoms in total. The largest absolute Gasteiger partial charge is 0.465 e. The number of likely N-dealkylation sites (N-methyl/N-ethyl adjacent to an activating group) is 2. The lowest BCUT2D eigenvalue weighted by Gasteiger charge is -2.28. The topological polar surface area (TPSA) is 49.9 Å². The summed E-state index contributed by atoms with van der Waals surface area (Å²) in [5.41, 5.74) is 0. The monoisotopic (exact) mass is 312 g/mol. The lowest BCUT2D eigenvalue weighted by Crippen LogP contribution is -2.37. The molecule has 0 spiro atoms. The van der Waals surface area contributed by atoms with Crippen LogP contribution in [0, 0.1) is 5.92 Å². The Morgan fingerprint density at radius 1 is 1.24 bits per heavy atom. The molecule has 0 aromatic rings. The molecule has 0 unspecified atom stereocenters. The van der Waals surface area contributed by atoms with Crippen LogP contribution in [0.15, 0.2) is 11.9 Å². The average molecular weight is 312 g/mol. The molecule has 21 heavy (non-hydrogen) atoms. The molecule has 1 saturated carbocycles. The van der Waals surface area contributed by atoms with Gasteiger partial charge in [-0.25, -0.2) is 9.34 Å². The van der Waals surface area contributed by atoms with Gasteiger partial charge in [0.15, 0.2) is 0 Å². The van der Waals surface area contributed by atoms with Crippen LogP contribution in [0.5, 0.6) is 0 Å². The van der Waals surface area contributed by atoms with Crippen LogP contribution in [0.3, 0.4) is 0 Å². The normalized spacial score (nSPS) is 37.0. The summed E-state index contributed by atoms with van der Waals surface area (Å²) in [5, 5.41) is 0. The average Bonchev–Trinajstić information content (AvgIpc) is 2.97. The third-order valence-corrected chi connectivity index (χ3v) is 8.26. The standard InChI is InChI=1S/C15H25N2O3P/c1-16-13-7-3-4-8-14(13)17(2)21(16,19)9-5-6-12-10-15(18)20-11-12/h5,9,12-14H,3-4,6-8,10-11H2,1-2H3/b9-5+/t12-,13+,14+/m0/s1. The van der Waals surface area contributed by atoms with E-state index in [4.69, 9.17) is 4.74 Å². The first-order chi connectivity index (χ1) is 10.0. The van der Waals surface area contributed by atoms with E-state index < -0.39 is 7.44 Å². The van der Waals surface area contributed by atoms with Gasteiger partial charge < -0.3 is 4.74 Å². The molecule has 3 atom stereocenters. The van der Waals surface area contributed by atoms with Gasteiger partial charge in [0.05, 0.1) is 13.0 Å². The van der Waals surface area contributed by atoms with Crippen LogP contribution in [0.25, 0.3) is 0 Å². The van der Waals surface area contributed by atoms with Crippen molar-refractivity contribution in [2.75, 3.05) is 20.7 Å². The third kappa shape index (κ3) is 2.71. The van der Waals surface area contributed by atoms with E-state index in [1.54, 1.807) is 0 Å². The zero-order valence-electron chi connectivity index (χ0n) is 12.9. The molecule has 2 aliphatic heterocycles. The fourth-order valence-corrected chi connectivity index (χ4v) is 6.58. The van der Waals surface area contributed by atoms with E-state index >= 15 is 0 Å². The van der Waals surface area contributed by atoms with Crippen LogP contribution in [0.1, 0.15) is 38.5 Å². The van der Waals surface area contributed by atoms with Gasteiger partial charge in [-0.2, -0.15) is 0 Å². The Bertz CT molecular complexity index is 471. The zero-order chi connectivity index (χ0) is 15.0. The van der Waals surface area contributed by atoms with Gasteiger partial charge in [-0.1, -0.05) is 18.9 Å². The van der Waals surface area contributed by atoms with Gasteiger partial charge in [0.2, 0.25) is 7.44 Å². The van der Waals surface area contributed by atoms with Gasteiger partial charge in [0, 0.05) is 23.8 Å². The van der Waals surface area contributed by atoms with Crippen molar-refractivity contribution in [3.05, 3.63) is 11.9 Å². The van der Waals surface area contributed by atoms with Crippen molar-refractivity contribution in [3.8, 4) is 0 Å². The van der Waals surface area contributed by atoms with Crippen molar-refractivity contribution in [3.63, 3.8) is 0 Å². The number of esters is 1. The minimum absolute atomic E-state index is 0.110. The second-order valence-corrected chi connectivity index (χ2v) is 9.27. The summed E-state index contributed by atoms with van der Waals surface area (Å²) in [4.78, 5) is 11.1. The van der Waals surface area contributed by atoms with Crippen LogP contribution >= 0.6 is 7.44 Å². The lowest BCUT2D eigenvalue weighted by molar-refractivity contribution is -0.137. The number of hydrogen-bond donors (Lipinski definition) is 0. The fourth-order valence-electron chi connectivity index (χ4n) is 3.93. The van der Waals surface area contributed by atoms with Crippen molar-refractivity contribution in [2.24, 2.45) is 5.92 Å². The third-order valence-electron chi connectivity index (χ3n) is 5.26. The molecule has 1 aliphatic carbocycles. The number of rotatable bonds is 3. The first-order valence-corrected chi connectivity index (χ1v) is 9.60. The van der Waals surface area contributed by atoms with Crippen LogP contribution < -0.4 is 0 Å². The smallest absolute Gasteiger partial charge is 0.306 e.